The Bertz CT molecular complexity index is 978. The molecule has 0 saturated carbocycles. The van der Waals surface area contributed by atoms with Crippen LogP contribution in [-0.2, 0) is 23.2 Å². The summed E-state index contributed by atoms with van der Waals surface area (Å²) in [7, 11) is -4.98. The van der Waals surface area contributed by atoms with Gasteiger partial charge in [0.2, 0.25) is 18.5 Å². The molecule has 0 aromatic rings. The summed E-state index contributed by atoms with van der Waals surface area (Å²) < 4.78 is 50.6. The van der Waals surface area contributed by atoms with Gasteiger partial charge in [0.1, 0.15) is 18.0 Å². The number of aliphatic carboxylic acids is 1. The van der Waals surface area contributed by atoms with Gasteiger partial charge < -0.3 is 34.0 Å². The number of aliphatic imine (C=N–C) groups is 1. The largest absolute Gasteiger partial charge is 0.481 e. The van der Waals surface area contributed by atoms with Crippen LogP contribution >= 0.6 is 0 Å². The number of hydrogen-bond donors (Lipinski definition) is 3. The molecule has 224 valence electrons. The van der Waals surface area contributed by atoms with Crippen molar-refractivity contribution in [1.29, 1.82) is 0 Å². The number of carboxylic acid groups (broad SMARTS) is 1. The van der Waals surface area contributed by atoms with Crippen molar-refractivity contribution < 1.29 is 42.2 Å². The number of aliphatic hydroxyl groups is 1. The number of carbonyl (C=O) groups is 2. The van der Waals surface area contributed by atoms with E-state index in [2.05, 4.69) is 31.1 Å². The number of rotatable bonds is 9. The smallest absolute Gasteiger partial charge is 0.318 e. The molecule has 0 aromatic carbocycles. The van der Waals surface area contributed by atoms with E-state index in [4.69, 9.17) is 18.7 Å². The molecule has 10 nitrogen and oxygen atoms in total. The molecule has 0 bridgehead atoms. The zero-order valence-corrected chi connectivity index (χ0v) is 26.7. The first kappa shape index (κ1) is 33.5. The summed E-state index contributed by atoms with van der Waals surface area (Å²) >= 11 is 0. The number of alkyl halides is 2. The number of hydrogen-bond acceptors (Lipinski definition) is 8. The van der Waals surface area contributed by atoms with Gasteiger partial charge in [0.05, 0.1) is 13.0 Å². The molecule has 2 aliphatic rings. The molecule has 3 N–H and O–H groups in total. The Morgan fingerprint density at radius 1 is 1.10 bits per heavy atom. The lowest BCUT2D eigenvalue weighted by Crippen LogP contribution is -2.56. The summed E-state index contributed by atoms with van der Waals surface area (Å²) in [5.41, 5.74) is 0. The zero-order valence-electron chi connectivity index (χ0n) is 24.7. The Morgan fingerprint density at radius 3 is 2.15 bits per heavy atom. The molecule has 0 aliphatic carbocycles. The van der Waals surface area contributed by atoms with Crippen molar-refractivity contribution in [3.8, 4) is 0 Å². The van der Waals surface area contributed by atoms with Gasteiger partial charge in [-0.05, 0) is 42.3 Å². The van der Waals surface area contributed by atoms with E-state index in [0.717, 1.165) is 4.90 Å². The van der Waals surface area contributed by atoms with Crippen molar-refractivity contribution in [2.75, 3.05) is 6.61 Å². The van der Waals surface area contributed by atoms with Crippen LogP contribution in [0.2, 0.25) is 36.3 Å². The van der Waals surface area contributed by atoms with E-state index in [1.54, 1.807) is 0 Å². The van der Waals surface area contributed by atoms with Gasteiger partial charge in [0.25, 0.3) is 0 Å². The Morgan fingerprint density at radius 2 is 1.67 bits per heavy atom. The third-order valence-corrected chi connectivity index (χ3v) is 17.0. The molecule has 1 saturated heterocycles. The lowest BCUT2D eigenvalue weighted by molar-refractivity contribution is -0.185. The van der Waals surface area contributed by atoms with Gasteiger partial charge in [0.15, 0.2) is 16.6 Å². The molecular formula is C25H45F2N3O7Si2. The summed E-state index contributed by atoms with van der Waals surface area (Å²) in [5, 5.41) is 21.2. The molecule has 1 amide bonds. The topological polar surface area (TPSA) is 130 Å². The van der Waals surface area contributed by atoms with E-state index in [1.807, 2.05) is 47.0 Å². The van der Waals surface area contributed by atoms with Crippen LogP contribution < -0.4 is 5.32 Å². The fourth-order valence-electron chi connectivity index (χ4n) is 3.43. The molecule has 2 heterocycles. The summed E-state index contributed by atoms with van der Waals surface area (Å²) in [5.74, 6) is -5.39. The number of nitrogens with one attached hydrogen (secondary N) is 1. The minimum Gasteiger partial charge on any atom is -0.481 e. The Balaban J connectivity index is 2.30. The number of carboxylic acids is 1. The molecule has 14 heteroatoms. The maximum absolute atomic E-state index is 16.1. The molecule has 2 aliphatic heterocycles. The van der Waals surface area contributed by atoms with Crippen LogP contribution in [0, 0.1) is 0 Å². The van der Waals surface area contributed by atoms with Crippen molar-refractivity contribution in [3.05, 3.63) is 12.3 Å². The normalized spacial score (nSPS) is 26.0. The van der Waals surface area contributed by atoms with Crippen LogP contribution in [0.25, 0.3) is 0 Å². The third-order valence-electron chi connectivity index (χ3n) is 8.02. The van der Waals surface area contributed by atoms with Gasteiger partial charge in [-0.1, -0.05) is 41.5 Å². The number of amides is 1. The summed E-state index contributed by atoms with van der Waals surface area (Å²) in [6.45, 7) is 19.8. The Hall–Kier alpha value is -1.72. The summed E-state index contributed by atoms with van der Waals surface area (Å²) in [4.78, 5) is 27.4. The van der Waals surface area contributed by atoms with Crippen LogP contribution in [0.3, 0.4) is 0 Å². The van der Waals surface area contributed by atoms with Gasteiger partial charge >= 0.3 is 11.9 Å². The Kier molecular flexibility index (Phi) is 10.00. The van der Waals surface area contributed by atoms with Gasteiger partial charge in [-0.25, -0.2) is 4.99 Å². The van der Waals surface area contributed by atoms with Crippen LogP contribution in [0.1, 0.15) is 54.4 Å². The molecule has 1 unspecified atom stereocenters. The van der Waals surface area contributed by atoms with Crippen molar-refractivity contribution in [2.45, 2.75) is 121 Å². The second-order valence-electron chi connectivity index (χ2n) is 13.1. The zero-order chi connectivity index (χ0) is 30.2. The molecule has 4 atom stereocenters. The third kappa shape index (κ3) is 7.94. The first-order valence-corrected chi connectivity index (χ1v) is 18.9. The van der Waals surface area contributed by atoms with Gasteiger partial charge in [0, 0.05) is 12.6 Å². The predicted molar refractivity (Wildman–Crippen MR) is 148 cm³/mol. The lowest BCUT2D eigenvalue weighted by atomic mass is 10.1. The molecular weight excluding hydrogens is 548 g/mol. The van der Waals surface area contributed by atoms with Gasteiger partial charge in [-0.3, -0.25) is 9.59 Å². The standard InChI is InChI=1S/C25H45F2N3O7Si2/c1-23(2,3)38(7,8)35-15-16-20(37-39(9,10)24(4,5)6)25(26,27)21(36-16)30-14-13-17(29-22(30)34)28-18(31)11-12-19(32)33/h13-14,16,20-22,34H,11-12,15H2,1-10H3,(H,32,33)(H,28,29,31)/t16-,20-,21-,22?/m1/s1. The number of nitrogens with zero attached hydrogens (tertiary/aromatic N) is 2. The highest BCUT2D eigenvalue weighted by molar-refractivity contribution is 6.74. The fourth-order valence-corrected chi connectivity index (χ4v) is 5.75. The quantitative estimate of drug-likeness (QED) is 0.339. The maximum Gasteiger partial charge on any atom is 0.318 e. The number of ether oxygens (including phenoxy) is 1. The first-order chi connectivity index (χ1) is 17.5. The average molecular weight is 594 g/mol. The SMILES string of the molecule is CC(C)(C)[Si](C)(C)OC[C@H]1O[C@@H](N2C=CC(NC(=O)CCC(=O)O)=NC2O)C(F)(F)[C@@H]1O[Si](C)(C)C(C)(C)C. The minimum absolute atomic E-state index is 0.0812. The van der Waals surface area contributed by atoms with Crippen LogP contribution in [0.4, 0.5) is 8.78 Å². The van der Waals surface area contributed by atoms with E-state index >= 15 is 8.78 Å². The van der Waals surface area contributed by atoms with Crippen LogP contribution in [0.15, 0.2) is 17.3 Å². The lowest BCUT2D eigenvalue weighted by Gasteiger charge is -2.41. The van der Waals surface area contributed by atoms with Crippen molar-refractivity contribution in [2.24, 2.45) is 4.99 Å². The fraction of sp³-hybridized carbons (Fsp3) is 0.800. The second kappa shape index (κ2) is 11.6. The number of aliphatic hydroxyl groups excluding tert-OH is 1. The van der Waals surface area contributed by atoms with Gasteiger partial charge in [-0.15, -0.1) is 0 Å². The van der Waals surface area contributed by atoms with Crippen molar-refractivity contribution in [3.63, 3.8) is 0 Å². The molecule has 0 spiro atoms. The number of amidine groups is 1. The van der Waals surface area contributed by atoms with Crippen molar-refractivity contribution in [1.82, 2.24) is 10.2 Å². The van der Waals surface area contributed by atoms with Crippen molar-refractivity contribution >= 4 is 34.3 Å². The van der Waals surface area contributed by atoms with E-state index < -0.39 is 59.2 Å². The minimum atomic E-state index is -3.54. The molecule has 0 aromatic heterocycles. The van der Waals surface area contributed by atoms with Gasteiger partial charge in [-0.2, -0.15) is 8.78 Å². The van der Waals surface area contributed by atoms with Crippen LogP contribution in [0.5, 0.6) is 0 Å². The molecule has 0 radical (unpaired) electrons. The Labute approximate surface area is 232 Å². The number of carbonyl (C=O) groups excluding carboxylic acids is 1. The highest BCUT2D eigenvalue weighted by Gasteiger charge is 2.64. The second-order valence-corrected chi connectivity index (χ2v) is 22.7. The highest BCUT2D eigenvalue weighted by atomic mass is 28.4. The van der Waals surface area contributed by atoms with E-state index in [-0.39, 0.29) is 35.4 Å². The predicted octanol–water partition coefficient (Wildman–Crippen LogP) is 4.24. The summed E-state index contributed by atoms with van der Waals surface area (Å²) in [6.07, 6.45) is -4.67. The monoisotopic (exact) mass is 593 g/mol. The highest BCUT2D eigenvalue weighted by Crippen LogP contribution is 2.46. The first-order valence-electron chi connectivity index (χ1n) is 13.1. The molecule has 39 heavy (non-hydrogen) atoms. The number of halogens is 2. The summed E-state index contributed by atoms with van der Waals surface area (Å²) in [6, 6.07) is 0. The van der Waals surface area contributed by atoms with E-state index in [0.29, 0.717) is 0 Å². The van der Waals surface area contributed by atoms with Crippen LogP contribution in [-0.4, -0.2) is 86.8 Å². The maximum atomic E-state index is 16.1. The molecule has 2 rings (SSSR count). The van der Waals surface area contributed by atoms with E-state index in [9.17, 15) is 14.7 Å². The average Bonchev–Trinajstić information content (AvgIpc) is 2.99. The van der Waals surface area contributed by atoms with E-state index in [1.165, 1.54) is 12.3 Å². The molecule has 1 fully saturated rings.